The van der Waals surface area contributed by atoms with Crippen LogP contribution in [0.2, 0.25) is 0 Å². The van der Waals surface area contributed by atoms with Crippen LogP contribution in [0.5, 0.6) is 0 Å². The first kappa shape index (κ1) is 22.3. The molecule has 0 saturated heterocycles. The predicted molar refractivity (Wildman–Crippen MR) is 118 cm³/mol. The molecule has 2 unspecified atom stereocenters. The van der Waals surface area contributed by atoms with E-state index in [0.29, 0.717) is 5.41 Å². The van der Waals surface area contributed by atoms with Gasteiger partial charge in [-0.3, -0.25) is 0 Å². The molecule has 2 rings (SSSR count). The van der Waals surface area contributed by atoms with Gasteiger partial charge in [-0.2, -0.15) is 0 Å². The highest BCUT2D eigenvalue weighted by Gasteiger charge is 2.40. The van der Waals surface area contributed by atoms with Gasteiger partial charge < -0.3 is 0 Å². The van der Waals surface area contributed by atoms with Crippen molar-refractivity contribution >= 4 is 0 Å². The third kappa shape index (κ3) is 6.56. The van der Waals surface area contributed by atoms with Gasteiger partial charge in [-0.05, 0) is 54.3 Å². The summed E-state index contributed by atoms with van der Waals surface area (Å²) in [7, 11) is 0. The van der Waals surface area contributed by atoms with Gasteiger partial charge in [0.05, 0.1) is 0 Å². The summed E-state index contributed by atoms with van der Waals surface area (Å²) in [6.07, 6.45) is 22.4. The zero-order valence-electron chi connectivity index (χ0n) is 19.0. The van der Waals surface area contributed by atoms with Crippen LogP contribution in [0, 0.1) is 35.0 Å². The number of hydrogen-bond acceptors (Lipinski definition) is 0. The molecular weight excluding hydrogens is 312 g/mol. The highest BCUT2D eigenvalue weighted by Crippen LogP contribution is 2.49. The fourth-order valence-corrected chi connectivity index (χ4v) is 6.39. The minimum Gasteiger partial charge on any atom is -0.0628 e. The Kier molecular flexibility index (Phi) is 9.53. The van der Waals surface area contributed by atoms with E-state index in [1.54, 1.807) is 0 Å². The van der Waals surface area contributed by atoms with Crippen LogP contribution in [0.25, 0.3) is 0 Å². The van der Waals surface area contributed by atoms with E-state index in [1.165, 1.54) is 96.3 Å². The SMILES string of the molecule is CC(C)CC(C1CCCCCCC1)C(C)C(C)(C)C1CCCCCCC1. The Morgan fingerprint density at radius 2 is 1.08 bits per heavy atom. The van der Waals surface area contributed by atoms with Crippen molar-refractivity contribution in [3.63, 3.8) is 0 Å². The summed E-state index contributed by atoms with van der Waals surface area (Å²) < 4.78 is 0. The second-order valence-corrected chi connectivity index (χ2v) is 11.1. The van der Waals surface area contributed by atoms with Gasteiger partial charge in [0, 0.05) is 0 Å². The molecule has 154 valence electrons. The minimum atomic E-state index is 0.513. The lowest BCUT2D eigenvalue weighted by Crippen LogP contribution is -2.39. The van der Waals surface area contributed by atoms with Gasteiger partial charge in [0.15, 0.2) is 0 Å². The van der Waals surface area contributed by atoms with Crippen molar-refractivity contribution in [1.82, 2.24) is 0 Å². The van der Waals surface area contributed by atoms with E-state index < -0.39 is 0 Å². The summed E-state index contributed by atoms with van der Waals surface area (Å²) in [4.78, 5) is 0. The van der Waals surface area contributed by atoms with E-state index in [-0.39, 0.29) is 0 Å². The van der Waals surface area contributed by atoms with E-state index in [4.69, 9.17) is 0 Å². The van der Waals surface area contributed by atoms with Gasteiger partial charge in [0.2, 0.25) is 0 Å². The largest absolute Gasteiger partial charge is 0.0628 e. The highest BCUT2D eigenvalue weighted by atomic mass is 14.5. The van der Waals surface area contributed by atoms with E-state index in [0.717, 1.165) is 29.6 Å². The molecule has 0 heterocycles. The Bertz CT molecular complexity index is 350. The maximum absolute atomic E-state index is 2.66. The van der Waals surface area contributed by atoms with Gasteiger partial charge in [0.25, 0.3) is 0 Å². The van der Waals surface area contributed by atoms with Gasteiger partial charge in [0.1, 0.15) is 0 Å². The first-order valence-corrected chi connectivity index (χ1v) is 12.4. The van der Waals surface area contributed by atoms with E-state index >= 15 is 0 Å². The third-order valence-electron chi connectivity index (χ3n) is 8.47. The molecule has 2 saturated carbocycles. The standard InChI is InChI=1S/C26H50/c1-21(2)20-25(23-16-12-8-6-9-13-17-23)22(3)26(4,5)24-18-14-10-7-11-15-19-24/h21-25H,6-20H2,1-5H3. The first-order chi connectivity index (χ1) is 12.4. The van der Waals surface area contributed by atoms with Crippen LogP contribution in [0.3, 0.4) is 0 Å². The van der Waals surface area contributed by atoms with Crippen LogP contribution in [0.15, 0.2) is 0 Å². The van der Waals surface area contributed by atoms with Crippen LogP contribution in [0.4, 0.5) is 0 Å². The molecule has 0 amide bonds. The lowest BCUT2D eigenvalue weighted by atomic mass is 9.58. The Hall–Kier alpha value is 0. The second kappa shape index (κ2) is 11.1. The van der Waals surface area contributed by atoms with Crippen LogP contribution in [0.1, 0.15) is 131 Å². The fraction of sp³-hybridized carbons (Fsp3) is 1.00. The lowest BCUT2D eigenvalue weighted by molar-refractivity contribution is 0.0246. The predicted octanol–water partition coefficient (Wildman–Crippen LogP) is 9.03. The summed E-state index contributed by atoms with van der Waals surface area (Å²) in [6, 6.07) is 0. The molecular formula is C26H50. The summed E-state index contributed by atoms with van der Waals surface area (Å²) in [5.41, 5.74) is 0.513. The molecule has 0 aromatic heterocycles. The molecule has 0 aromatic rings. The van der Waals surface area contributed by atoms with Crippen molar-refractivity contribution in [3.05, 3.63) is 0 Å². The number of rotatable bonds is 6. The van der Waals surface area contributed by atoms with E-state index in [2.05, 4.69) is 34.6 Å². The lowest BCUT2D eigenvalue weighted by Gasteiger charge is -2.47. The van der Waals surface area contributed by atoms with Crippen molar-refractivity contribution in [2.45, 2.75) is 131 Å². The molecule has 2 fully saturated rings. The maximum atomic E-state index is 2.66. The van der Waals surface area contributed by atoms with Gasteiger partial charge in [-0.25, -0.2) is 0 Å². The molecule has 0 radical (unpaired) electrons. The van der Waals surface area contributed by atoms with Crippen LogP contribution in [-0.4, -0.2) is 0 Å². The molecule has 0 aromatic carbocycles. The average molecular weight is 363 g/mol. The molecule has 2 atom stereocenters. The van der Waals surface area contributed by atoms with E-state index in [9.17, 15) is 0 Å². The topological polar surface area (TPSA) is 0 Å². The van der Waals surface area contributed by atoms with Crippen molar-refractivity contribution in [1.29, 1.82) is 0 Å². The van der Waals surface area contributed by atoms with Crippen LogP contribution < -0.4 is 0 Å². The van der Waals surface area contributed by atoms with E-state index in [1.807, 2.05) is 0 Å². The van der Waals surface area contributed by atoms with Crippen molar-refractivity contribution in [3.8, 4) is 0 Å². The summed E-state index contributed by atoms with van der Waals surface area (Å²) in [5, 5.41) is 0. The maximum Gasteiger partial charge on any atom is -0.0297 e. The molecule has 26 heavy (non-hydrogen) atoms. The zero-order valence-corrected chi connectivity index (χ0v) is 19.0. The molecule has 0 nitrogen and oxygen atoms in total. The van der Waals surface area contributed by atoms with Crippen molar-refractivity contribution in [2.24, 2.45) is 35.0 Å². The molecule has 0 bridgehead atoms. The van der Waals surface area contributed by atoms with Crippen LogP contribution in [-0.2, 0) is 0 Å². The van der Waals surface area contributed by atoms with Gasteiger partial charge >= 0.3 is 0 Å². The second-order valence-electron chi connectivity index (χ2n) is 11.1. The monoisotopic (exact) mass is 362 g/mol. The van der Waals surface area contributed by atoms with Crippen molar-refractivity contribution in [2.75, 3.05) is 0 Å². The summed E-state index contributed by atoms with van der Waals surface area (Å²) in [5.74, 6) is 4.63. The Balaban J connectivity index is 2.12. The first-order valence-electron chi connectivity index (χ1n) is 12.4. The molecule has 2 aliphatic carbocycles. The molecule has 0 N–H and O–H groups in total. The average Bonchev–Trinajstić information content (AvgIpc) is 2.51. The fourth-order valence-electron chi connectivity index (χ4n) is 6.39. The van der Waals surface area contributed by atoms with Crippen molar-refractivity contribution < 1.29 is 0 Å². The van der Waals surface area contributed by atoms with Gasteiger partial charge in [-0.1, -0.05) is 112 Å². The Labute approximate surface area is 166 Å². The third-order valence-corrected chi connectivity index (χ3v) is 8.47. The van der Waals surface area contributed by atoms with Gasteiger partial charge in [-0.15, -0.1) is 0 Å². The minimum absolute atomic E-state index is 0.513. The highest BCUT2D eigenvalue weighted by molar-refractivity contribution is 4.90. The smallest absolute Gasteiger partial charge is 0.0297 e. The zero-order chi connectivity index (χ0) is 19.0. The molecule has 0 aliphatic heterocycles. The van der Waals surface area contributed by atoms with Crippen LogP contribution >= 0.6 is 0 Å². The normalized spacial score (nSPS) is 25.2. The molecule has 0 spiro atoms. The number of hydrogen-bond donors (Lipinski definition) is 0. The summed E-state index contributed by atoms with van der Waals surface area (Å²) in [6.45, 7) is 12.9. The Morgan fingerprint density at radius 3 is 1.54 bits per heavy atom. The molecule has 0 heteroatoms. The quantitative estimate of drug-likeness (QED) is 0.442. The molecule has 2 aliphatic rings. The Morgan fingerprint density at radius 1 is 0.654 bits per heavy atom. The summed E-state index contributed by atoms with van der Waals surface area (Å²) >= 11 is 0.